The van der Waals surface area contributed by atoms with Gasteiger partial charge in [-0.2, -0.15) is 74.6 Å². The Labute approximate surface area is 156 Å². The van der Waals surface area contributed by atoms with Crippen LogP contribution in [0.15, 0.2) is 0 Å². The van der Waals surface area contributed by atoms with E-state index in [1.807, 2.05) is 0 Å². The molecule has 0 N–H and O–H groups in total. The van der Waals surface area contributed by atoms with Gasteiger partial charge in [0, 0.05) is 6.42 Å². The van der Waals surface area contributed by atoms with E-state index in [-0.39, 0.29) is 0 Å². The molecule has 0 radical (unpaired) electrons. The molecule has 1 unspecified atom stereocenters. The van der Waals surface area contributed by atoms with Crippen LogP contribution in [-0.4, -0.2) is 47.6 Å². The second-order valence-electron chi connectivity index (χ2n) is 6.37. The Bertz CT molecular complexity index is 599. The topological polar surface area (TPSA) is 0 Å². The minimum absolute atomic E-state index is 0.473. The Morgan fingerprint density at radius 2 is 0.733 bits per heavy atom. The first-order chi connectivity index (χ1) is 12.7. The van der Waals surface area contributed by atoms with Crippen molar-refractivity contribution in [2.75, 3.05) is 0 Å². The lowest BCUT2D eigenvalue weighted by molar-refractivity contribution is -0.462. The lowest BCUT2D eigenvalue weighted by Crippen LogP contribution is -2.74. The lowest BCUT2D eigenvalue weighted by Gasteiger charge is -2.43. The maximum absolute atomic E-state index is 13.5. The van der Waals surface area contributed by atoms with Crippen LogP contribution in [0.5, 0.6) is 0 Å². The summed E-state index contributed by atoms with van der Waals surface area (Å²) in [6, 6.07) is 0. The van der Waals surface area contributed by atoms with Gasteiger partial charge in [0.25, 0.3) is 0 Å². The summed E-state index contributed by atoms with van der Waals surface area (Å²) >= 11 is 0. The zero-order valence-electron chi connectivity index (χ0n) is 14.4. The maximum Gasteiger partial charge on any atom is 0.460 e. The summed E-state index contributed by atoms with van der Waals surface area (Å²) in [7, 11) is 0. The van der Waals surface area contributed by atoms with Gasteiger partial charge < -0.3 is 0 Å². The first kappa shape index (κ1) is 28.8. The third kappa shape index (κ3) is 3.77. The zero-order valence-corrected chi connectivity index (χ0v) is 14.4. The van der Waals surface area contributed by atoms with Crippen LogP contribution < -0.4 is 0 Å². The Kier molecular flexibility index (Phi) is 7.15. The van der Waals surface area contributed by atoms with E-state index in [4.69, 9.17) is 0 Å². The van der Waals surface area contributed by atoms with Crippen molar-refractivity contribution in [3.8, 4) is 0 Å². The lowest BCUT2D eigenvalue weighted by atomic mass is 9.86. The quantitative estimate of drug-likeness (QED) is 0.295. The molecule has 0 spiro atoms. The number of hydrogen-bond donors (Lipinski definition) is 0. The summed E-state index contributed by atoms with van der Waals surface area (Å²) in [6.07, 6.45) is -10.6. The standard InChI is InChI=1S/C13H11F17/c1-3-5(2)4-6(14,15)7(16,17)8(18,19)9(20,21)10(22,23)11(24,25)12(26,27)13(28,29)30/h5H,3-4H2,1-2H3. The fourth-order valence-electron chi connectivity index (χ4n) is 1.91. The average Bonchev–Trinajstić information content (AvgIpc) is 2.51. The molecule has 0 aromatic heterocycles. The first-order valence-corrected chi connectivity index (χ1v) is 7.42. The van der Waals surface area contributed by atoms with E-state index < -0.39 is 66.4 Å². The van der Waals surface area contributed by atoms with E-state index in [2.05, 4.69) is 0 Å². The number of hydrogen-bond acceptors (Lipinski definition) is 0. The molecule has 0 aromatic rings. The van der Waals surface area contributed by atoms with Crippen molar-refractivity contribution in [1.82, 2.24) is 0 Å². The smallest absolute Gasteiger partial charge is 0.200 e. The molecule has 0 nitrogen and oxygen atoms in total. The van der Waals surface area contributed by atoms with Crippen LogP contribution in [0.3, 0.4) is 0 Å². The van der Waals surface area contributed by atoms with Gasteiger partial charge in [0.15, 0.2) is 0 Å². The molecule has 0 aliphatic heterocycles. The summed E-state index contributed by atoms with van der Waals surface area (Å²) in [5.41, 5.74) is 0. The predicted molar refractivity (Wildman–Crippen MR) is 64.8 cm³/mol. The normalized spacial score (nSPS) is 17.3. The Morgan fingerprint density at radius 3 is 1.00 bits per heavy atom. The molecule has 0 saturated carbocycles. The molecule has 182 valence electrons. The van der Waals surface area contributed by atoms with Crippen molar-refractivity contribution >= 4 is 0 Å². The summed E-state index contributed by atoms with van der Waals surface area (Å²) in [6.45, 7) is 1.70. The molecule has 17 heteroatoms. The van der Waals surface area contributed by atoms with E-state index in [9.17, 15) is 74.6 Å². The van der Waals surface area contributed by atoms with Crippen LogP contribution in [0, 0.1) is 5.92 Å². The van der Waals surface area contributed by atoms with Crippen LogP contribution >= 0.6 is 0 Å². The SMILES string of the molecule is CCC(C)CC(F)(F)C(F)(F)C(F)(F)C(F)(F)C(F)(F)C(F)(F)C(F)(F)C(F)(F)F. The Hall–Kier alpha value is -1.19. The van der Waals surface area contributed by atoms with Crippen LogP contribution in [0.2, 0.25) is 0 Å². The van der Waals surface area contributed by atoms with Crippen LogP contribution in [0.1, 0.15) is 26.7 Å². The van der Waals surface area contributed by atoms with Gasteiger partial charge in [-0.05, 0) is 5.92 Å². The number of alkyl halides is 17. The zero-order chi connectivity index (χ0) is 25.0. The highest BCUT2D eigenvalue weighted by Gasteiger charge is 2.95. The molecule has 0 heterocycles. The monoisotopic (exact) mass is 490 g/mol. The van der Waals surface area contributed by atoms with E-state index >= 15 is 0 Å². The second kappa shape index (κ2) is 7.45. The molecular formula is C13H11F17. The molecule has 0 fully saturated rings. The van der Waals surface area contributed by atoms with Gasteiger partial charge in [0.1, 0.15) is 0 Å². The molecule has 0 aromatic carbocycles. The molecule has 0 amide bonds. The minimum Gasteiger partial charge on any atom is -0.200 e. The highest BCUT2D eigenvalue weighted by atomic mass is 19.4. The first-order valence-electron chi connectivity index (χ1n) is 7.42. The average molecular weight is 490 g/mol. The molecule has 0 bridgehead atoms. The van der Waals surface area contributed by atoms with Gasteiger partial charge in [-0.1, -0.05) is 20.3 Å². The molecule has 30 heavy (non-hydrogen) atoms. The van der Waals surface area contributed by atoms with Gasteiger partial charge in [-0.3, -0.25) is 0 Å². The summed E-state index contributed by atoms with van der Waals surface area (Å²) in [5, 5.41) is 0. The number of rotatable bonds is 9. The molecule has 0 aliphatic carbocycles. The van der Waals surface area contributed by atoms with Crippen LogP contribution in [0.25, 0.3) is 0 Å². The number of halogens is 17. The van der Waals surface area contributed by atoms with Crippen molar-refractivity contribution in [3.05, 3.63) is 0 Å². The largest absolute Gasteiger partial charge is 0.460 e. The van der Waals surface area contributed by atoms with Gasteiger partial charge in [-0.15, -0.1) is 0 Å². The summed E-state index contributed by atoms with van der Waals surface area (Å²) < 4.78 is 221. The second-order valence-corrected chi connectivity index (χ2v) is 6.37. The highest BCUT2D eigenvalue weighted by Crippen LogP contribution is 2.64. The van der Waals surface area contributed by atoms with E-state index in [1.54, 1.807) is 0 Å². The third-order valence-corrected chi connectivity index (χ3v) is 4.09. The van der Waals surface area contributed by atoms with Gasteiger partial charge >= 0.3 is 47.6 Å². The van der Waals surface area contributed by atoms with E-state index in [0.717, 1.165) is 6.92 Å². The van der Waals surface area contributed by atoms with Crippen LogP contribution in [-0.2, 0) is 0 Å². The van der Waals surface area contributed by atoms with Crippen molar-refractivity contribution in [3.63, 3.8) is 0 Å². The summed E-state index contributed by atoms with van der Waals surface area (Å²) in [4.78, 5) is 0. The Morgan fingerprint density at radius 1 is 0.467 bits per heavy atom. The molecular weight excluding hydrogens is 479 g/mol. The van der Waals surface area contributed by atoms with Crippen molar-refractivity contribution in [2.45, 2.75) is 74.3 Å². The molecule has 0 aliphatic rings. The van der Waals surface area contributed by atoms with E-state index in [0.29, 0.717) is 6.92 Å². The molecule has 1 atom stereocenters. The maximum atomic E-state index is 13.5. The molecule has 0 rings (SSSR count). The van der Waals surface area contributed by atoms with Crippen LogP contribution in [0.4, 0.5) is 74.6 Å². The Balaban J connectivity index is 6.62. The summed E-state index contributed by atoms with van der Waals surface area (Å²) in [5.74, 6) is -57.4. The van der Waals surface area contributed by atoms with Gasteiger partial charge in [0.2, 0.25) is 0 Å². The minimum atomic E-state index is -8.57. The fraction of sp³-hybridized carbons (Fsp3) is 1.00. The van der Waals surface area contributed by atoms with Crippen molar-refractivity contribution < 1.29 is 74.6 Å². The third-order valence-electron chi connectivity index (χ3n) is 4.09. The van der Waals surface area contributed by atoms with Crippen molar-refractivity contribution in [2.24, 2.45) is 5.92 Å². The van der Waals surface area contributed by atoms with Gasteiger partial charge in [0.05, 0.1) is 0 Å². The predicted octanol–water partition coefficient (Wildman–Crippen LogP) is 7.43. The highest BCUT2D eigenvalue weighted by molar-refractivity contribution is 5.15. The van der Waals surface area contributed by atoms with E-state index in [1.165, 1.54) is 0 Å². The van der Waals surface area contributed by atoms with Gasteiger partial charge in [-0.25, -0.2) is 0 Å². The molecule has 0 saturated heterocycles. The van der Waals surface area contributed by atoms with Crippen molar-refractivity contribution in [1.29, 1.82) is 0 Å². The fourth-order valence-corrected chi connectivity index (χ4v) is 1.91.